The van der Waals surface area contributed by atoms with Gasteiger partial charge in [0.25, 0.3) is 5.91 Å². The van der Waals surface area contributed by atoms with Gasteiger partial charge in [-0.05, 0) is 36.6 Å². The number of pyridine rings is 1. The summed E-state index contributed by atoms with van der Waals surface area (Å²) in [4.78, 5) is 22.1. The molecule has 2 saturated heterocycles. The molecule has 4 rings (SSSR count). The van der Waals surface area contributed by atoms with E-state index >= 15 is 0 Å². The molecule has 1 aromatic carbocycles. The normalized spacial score (nSPS) is 18.6. The zero-order valence-electron chi connectivity index (χ0n) is 16.5. The average Bonchev–Trinajstić information content (AvgIpc) is 3.30. The van der Waals surface area contributed by atoms with E-state index < -0.39 is 0 Å². The number of anilines is 1. The Balaban J connectivity index is 1.52. The Labute approximate surface area is 176 Å². The van der Waals surface area contributed by atoms with Crippen molar-refractivity contribution >= 4 is 23.3 Å². The van der Waals surface area contributed by atoms with Gasteiger partial charge < -0.3 is 15.0 Å². The van der Waals surface area contributed by atoms with Crippen molar-refractivity contribution in [3.05, 3.63) is 58.7 Å². The third-order valence-corrected chi connectivity index (χ3v) is 5.99. The topological polar surface area (TPSA) is 57.7 Å². The predicted octanol–water partition coefficient (Wildman–Crippen LogP) is 3.14. The maximum absolute atomic E-state index is 13.1. The predicted molar refractivity (Wildman–Crippen MR) is 115 cm³/mol. The van der Waals surface area contributed by atoms with Crippen molar-refractivity contribution in [3.63, 3.8) is 0 Å². The van der Waals surface area contributed by atoms with E-state index in [2.05, 4.69) is 20.1 Å². The summed E-state index contributed by atoms with van der Waals surface area (Å²) in [6.07, 6.45) is 4.04. The lowest BCUT2D eigenvalue weighted by molar-refractivity contribution is 0.0162. The fourth-order valence-electron chi connectivity index (χ4n) is 4.11. The summed E-state index contributed by atoms with van der Waals surface area (Å²) >= 11 is 6.49. The Morgan fingerprint density at radius 3 is 2.62 bits per heavy atom. The molecule has 2 fully saturated rings. The minimum atomic E-state index is -0.0923. The highest BCUT2D eigenvalue weighted by Crippen LogP contribution is 2.28. The molecule has 0 saturated carbocycles. The number of amides is 1. The molecule has 2 aliphatic rings. The smallest absolute Gasteiger partial charge is 0.255 e. The zero-order chi connectivity index (χ0) is 20.1. The summed E-state index contributed by atoms with van der Waals surface area (Å²) in [6.45, 7) is 5.40. The maximum atomic E-state index is 13.1. The van der Waals surface area contributed by atoms with Crippen LogP contribution in [0.4, 0.5) is 5.82 Å². The highest BCUT2D eigenvalue weighted by Gasteiger charge is 2.26. The molecule has 1 amide bonds. The largest absolute Gasteiger partial charge is 0.379 e. The van der Waals surface area contributed by atoms with Crippen LogP contribution in [-0.2, 0) is 4.74 Å². The molecule has 1 N–H and O–H groups in total. The van der Waals surface area contributed by atoms with E-state index in [0.717, 1.165) is 55.4 Å². The van der Waals surface area contributed by atoms with Crippen LogP contribution < -0.4 is 10.2 Å². The molecule has 2 aromatic rings. The van der Waals surface area contributed by atoms with Crippen LogP contribution in [0.1, 0.15) is 34.8 Å². The van der Waals surface area contributed by atoms with Crippen molar-refractivity contribution in [3.8, 4) is 0 Å². The monoisotopic (exact) mass is 414 g/mol. The molecule has 0 aliphatic carbocycles. The second-order valence-electron chi connectivity index (χ2n) is 7.46. The number of nitrogens with one attached hydrogen (secondary N) is 1. The van der Waals surface area contributed by atoms with Crippen LogP contribution in [0.25, 0.3) is 0 Å². The fourth-order valence-corrected chi connectivity index (χ4v) is 4.37. The Morgan fingerprint density at radius 2 is 1.86 bits per heavy atom. The lowest BCUT2D eigenvalue weighted by Gasteiger charge is -2.35. The third-order valence-electron chi connectivity index (χ3n) is 5.64. The average molecular weight is 415 g/mol. The third kappa shape index (κ3) is 4.71. The highest BCUT2D eigenvalue weighted by molar-refractivity contribution is 6.31. The first kappa shape index (κ1) is 20.1. The zero-order valence-corrected chi connectivity index (χ0v) is 17.3. The summed E-state index contributed by atoms with van der Waals surface area (Å²) in [6, 6.07) is 11.5. The summed E-state index contributed by atoms with van der Waals surface area (Å²) < 4.78 is 5.51. The molecule has 1 unspecified atom stereocenters. The van der Waals surface area contributed by atoms with Gasteiger partial charge in [0, 0.05) is 43.9 Å². The van der Waals surface area contributed by atoms with Crippen molar-refractivity contribution < 1.29 is 9.53 Å². The molecule has 6 nitrogen and oxygen atoms in total. The van der Waals surface area contributed by atoms with Crippen LogP contribution in [0.5, 0.6) is 0 Å². The summed E-state index contributed by atoms with van der Waals surface area (Å²) in [5.41, 5.74) is 1.66. The minimum Gasteiger partial charge on any atom is -0.379 e. The van der Waals surface area contributed by atoms with E-state index in [9.17, 15) is 4.79 Å². The number of benzene rings is 1. The van der Waals surface area contributed by atoms with Crippen molar-refractivity contribution in [2.45, 2.75) is 18.9 Å². The lowest BCUT2D eigenvalue weighted by Crippen LogP contribution is -2.44. The van der Waals surface area contributed by atoms with Gasteiger partial charge >= 0.3 is 0 Å². The second-order valence-corrected chi connectivity index (χ2v) is 7.87. The number of ether oxygens (including phenoxy) is 1. The van der Waals surface area contributed by atoms with E-state index in [-0.39, 0.29) is 11.9 Å². The Kier molecular flexibility index (Phi) is 6.64. The van der Waals surface area contributed by atoms with E-state index in [4.69, 9.17) is 16.3 Å². The number of halogens is 1. The molecule has 154 valence electrons. The van der Waals surface area contributed by atoms with E-state index in [1.807, 2.05) is 36.4 Å². The van der Waals surface area contributed by atoms with Crippen molar-refractivity contribution in [2.75, 3.05) is 50.8 Å². The molecule has 1 aromatic heterocycles. The summed E-state index contributed by atoms with van der Waals surface area (Å²) in [7, 11) is 0. The Bertz CT molecular complexity index is 835. The van der Waals surface area contributed by atoms with Crippen LogP contribution in [0.2, 0.25) is 5.02 Å². The first-order chi connectivity index (χ1) is 14.2. The van der Waals surface area contributed by atoms with Crippen LogP contribution >= 0.6 is 11.6 Å². The Hall–Kier alpha value is -2.15. The molecule has 0 spiro atoms. The number of carbonyl (C=O) groups excluding carboxylic acids is 1. The van der Waals surface area contributed by atoms with Crippen LogP contribution in [0, 0.1) is 0 Å². The van der Waals surface area contributed by atoms with E-state index in [1.165, 1.54) is 0 Å². The molecular formula is C22H27ClN4O2. The van der Waals surface area contributed by atoms with E-state index in [1.54, 1.807) is 6.20 Å². The van der Waals surface area contributed by atoms with E-state index in [0.29, 0.717) is 25.3 Å². The standard InChI is InChI=1S/C22H27ClN4O2/c23-19-8-2-1-6-17(19)20(26-12-14-29-15-13-26)16-25-22(28)18-7-5-9-24-21(18)27-10-3-4-11-27/h1-2,5-9,20H,3-4,10-16H2,(H,25,28). The number of morpholine rings is 1. The minimum absolute atomic E-state index is 0.00320. The van der Waals surface area contributed by atoms with Crippen LogP contribution in [0.15, 0.2) is 42.6 Å². The van der Waals surface area contributed by atoms with Crippen molar-refractivity contribution in [1.82, 2.24) is 15.2 Å². The number of rotatable bonds is 6. The lowest BCUT2D eigenvalue weighted by atomic mass is 10.0. The maximum Gasteiger partial charge on any atom is 0.255 e. The van der Waals surface area contributed by atoms with Gasteiger partial charge in [0.05, 0.1) is 24.8 Å². The number of carbonyl (C=O) groups is 1. The summed E-state index contributed by atoms with van der Waals surface area (Å²) in [5.74, 6) is 0.688. The van der Waals surface area contributed by atoms with Gasteiger partial charge in [0.1, 0.15) is 5.82 Å². The van der Waals surface area contributed by atoms with Crippen LogP contribution in [-0.4, -0.2) is 61.7 Å². The van der Waals surface area contributed by atoms with Gasteiger partial charge in [-0.1, -0.05) is 29.8 Å². The van der Waals surface area contributed by atoms with Gasteiger partial charge in [-0.25, -0.2) is 4.98 Å². The summed E-state index contributed by atoms with van der Waals surface area (Å²) in [5, 5.41) is 3.86. The van der Waals surface area contributed by atoms with Crippen molar-refractivity contribution in [2.24, 2.45) is 0 Å². The van der Waals surface area contributed by atoms with Crippen molar-refractivity contribution in [1.29, 1.82) is 0 Å². The quantitative estimate of drug-likeness (QED) is 0.786. The number of nitrogens with zero attached hydrogens (tertiary/aromatic N) is 3. The molecule has 2 aliphatic heterocycles. The molecule has 0 bridgehead atoms. The molecule has 1 atom stereocenters. The first-order valence-electron chi connectivity index (χ1n) is 10.3. The van der Waals surface area contributed by atoms with Gasteiger partial charge in [-0.15, -0.1) is 0 Å². The van der Waals surface area contributed by atoms with Gasteiger partial charge in [0.2, 0.25) is 0 Å². The first-order valence-corrected chi connectivity index (χ1v) is 10.7. The Morgan fingerprint density at radius 1 is 1.10 bits per heavy atom. The molecule has 7 heteroatoms. The van der Waals surface area contributed by atoms with Gasteiger partial charge in [-0.3, -0.25) is 9.69 Å². The SMILES string of the molecule is O=C(NCC(c1ccccc1Cl)N1CCOCC1)c1cccnc1N1CCCC1. The van der Waals surface area contributed by atoms with Gasteiger partial charge in [0.15, 0.2) is 0 Å². The number of aromatic nitrogens is 1. The number of hydrogen-bond acceptors (Lipinski definition) is 5. The molecule has 0 radical (unpaired) electrons. The molecule has 29 heavy (non-hydrogen) atoms. The van der Waals surface area contributed by atoms with Gasteiger partial charge in [-0.2, -0.15) is 0 Å². The molecular weight excluding hydrogens is 388 g/mol. The molecule has 3 heterocycles. The van der Waals surface area contributed by atoms with Crippen LogP contribution in [0.3, 0.4) is 0 Å². The number of hydrogen-bond donors (Lipinski definition) is 1. The highest BCUT2D eigenvalue weighted by atomic mass is 35.5. The second kappa shape index (κ2) is 9.57. The fraction of sp³-hybridized carbons (Fsp3) is 0.455.